The highest BCUT2D eigenvalue weighted by Gasteiger charge is 2.78. The normalized spacial score (nSPS) is 31.3. The van der Waals surface area contributed by atoms with Crippen LogP contribution in [0.1, 0.15) is 86.7 Å². The van der Waals surface area contributed by atoms with Gasteiger partial charge in [0, 0.05) is 43.7 Å². The number of benzene rings is 3. The number of ether oxygens (including phenoxy) is 5. The van der Waals surface area contributed by atoms with E-state index in [-0.39, 0.29) is 23.1 Å². The first kappa shape index (κ1) is 46.1. The maximum atomic E-state index is 15.5. The van der Waals surface area contributed by atoms with E-state index in [2.05, 4.69) is 5.32 Å². The first-order chi connectivity index (χ1) is 30.1. The van der Waals surface area contributed by atoms with E-state index in [1.807, 2.05) is 0 Å². The molecule has 64 heavy (non-hydrogen) atoms. The third-order valence-corrected chi connectivity index (χ3v) is 13.6. The molecule has 1 heterocycles. The summed E-state index contributed by atoms with van der Waals surface area (Å²) in [7, 11) is 0. The lowest BCUT2D eigenvalue weighted by atomic mass is 9.44. The summed E-state index contributed by atoms with van der Waals surface area (Å²) in [5.41, 5.74) is -8.71. The summed E-state index contributed by atoms with van der Waals surface area (Å²) < 4.78 is 59.0. The number of rotatable bonds is 10. The van der Waals surface area contributed by atoms with Crippen LogP contribution in [0, 0.1) is 28.4 Å². The summed E-state index contributed by atoms with van der Waals surface area (Å²) in [6.45, 7) is 7.30. The Balaban J connectivity index is 1.40. The van der Waals surface area contributed by atoms with E-state index in [0.29, 0.717) is 23.8 Å². The first-order valence-corrected chi connectivity index (χ1v) is 20.7. The zero-order chi connectivity index (χ0) is 46.7. The second kappa shape index (κ2) is 16.9. The maximum absolute atomic E-state index is 15.5. The van der Waals surface area contributed by atoms with Gasteiger partial charge in [0.15, 0.2) is 23.6 Å². The molecule has 4 N–H and O–H groups in total. The number of carbonyl (C=O) groups excluding carboxylic acids is 6. The van der Waals surface area contributed by atoms with Crippen molar-refractivity contribution in [3.8, 4) is 0 Å². The van der Waals surface area contributed by atoms with Crippen molar-refractivity contribution in [2.75, 3.05) is 6.61 Å². The number of aliphatic hydroxyl groups excluding tert-OH is 2. The van der Waals surface area contributed by atoms with Gasteiger partial charge in [0.1, 0.15) is 35.5 Å². The Morgan fingerprint density at radius 3 is 2.03 bits per heavy atom. The number of carbonyl (C=O) groups is 6. The van der Waals surface area contributed by atoms with E-state index >= 15 is 4.79 Å². The average Bonchev–Trinajstić information content (AvgIpc) is 3.23. The van der Waals surface area contributed by atoms with Crippen LogP contribution in [0.2, 0.25) is 0 Å². The number of esters is 4. The van der Waals surface area contributed by atoms with Crippen LogP contribution in [0.3, 0.4) is 0 Å². The maximum Gasteiger partial charge on any atom is 0.338 e. The van der Waals surface area contributed by atoms with Gasteiger partial charge in [-0.15, -0.1) is 0 Å². The number of amides is 1. The Labute approximate surface area is 366 Å². The van der Waals surface area contributed by atoms with Crippen molar-refractivity contribution in [3.05, 3.63) is 118 Å². The van der Waals surface area contributed by atoms with E-state index in [1.54, 1.807) is 48.5 Å². The van der Waals surface area contributed by atoms with Crippen LogP contribution in [0.4, 0.5) is 8.78 Å². The van der Waals surface area contributed by atoms with Gasteiger partial charge in [-0.3, -0.25) is 19.2 Å². The largest absolute Gasteiger partial charge is 0.456 e. The van der Waals surface area contributed by atoms with Crippen molar-refractivity contribution in [2.24, 2.45) is 16.7 Å². The number of fused-ring (bicyclic) bond motifs is 5. The molecule has 3 fully saturated rings. The topological polar surface area (TPSA) is 221 Å². The summed E-state index contributed by atoms with van der Waals surface area (Å²) in [4.78, 5) is 83.4. The molecule has 340 valence electrons. The van der Waals surface area contributed by atoms with Crippen LogP contribution in [-0.2, 0) is 42.9 Å². The van der Waals surface area contributed by atoms with Gasteiger partial charge in [0.05, 0.1) is 35.6 Å². The van der Waals surface area contributed by atoms with Gasteiger partial charge < -0.3 is 44.3 Å². The molecule has 1 saturated heterocycles. The van der Waals surface area contributed by atoms with E-state index in [1.165, 1.54) is 39.8 Å². The SMILES string of the molecule is CC(=O)O[C@H]1C(=O)[C@@]2(C)[C@H]([C@H](OC(=O)c3cc(F)cc(F)c3)[C@]3(O)C[C@H](OC(=O)[C@H](O)[C@@H](NC(=O)c4ccccc4)c4ccccc4)C(C)=C1C3(C)C)[C@]1(OC(C)=O)CO[C@@H]1C[C@@H]2O. The van der Waals surface area contributed by atoms with Gasteiger partial charge >= 0.3 is 23.9 Å². The molecule has 3 aromatic carbocycles. The van der Waals surface area contributed by atoms with Crippen LogP contribution >= 0.6 is 0 Å². The Morgan fingerprint density at radius 2 is 1.47 bits per heavy atom. The van der Waals surface area contributed by atoms with Gasteiger partial charge in [-0.1, -0.05) is 62.4 Å². The Kier molecular flexibility index (Phi) is 12.2. The summed E-state index contributed by atoms with van der Waals surface area (Å²) in [6, 6.07) is 16.5. The monoisotopic (exact) mass is 889 g/mol. The van der Waals surface area contributed by atoms with Gasteiger partial charge in [-0.05, 0) is 54.8 Å². The molecule has 0 aromatic heterocycles. The third-order valence-electron chi connectivity index (χ3n) is 13.6. The van der Waals surface area contributed by atoms with Crippen molar-refractivity contribution >= 4 is 35.6 Å². The van der Waals surface area contributed by atoms with Crippen molar-refractivity contribution in [3.63, 3.8) is 0 Å². The number of halogens is 2. The molecule has 1 amide bonds. The molecule has 0 spiro atoms. The van der Waals surface area contributed by atoms with E-state index < -0.39 is 136 Å². The molecular weight excluding hydrogens is 841 g/mol. The molecular formula is C47H49F2NO14. The first-order valence-electron chi connectivity index (χ1n) is 20.7. The second-order valence-corrected chi connectivity index (χ2v) is 17.6. The molecule has 2 bridgehead atoms. The minimum atomic E-state index is -2.59. The second-order valence-electron chi connectivity index (χ2n) is 17.6. The predicted octanol–water partition coefficient (Wildman–Crippen LogP) is 4.01. The van der Waals surface area contributed by atoms with E-state index in [0.717, 1.165) is 13.8 Å². The van der Waals surface area contributed by atoms with Crippen molar-refractivity contribution in [2.45, 2.75) is 108 Å². The molecule has 2 saturated carbocycles. The highest BCUT2D eigenvalue weighted by Crippen LogP contribution is 2.64. The smallest absolute Gasteiger partial charge is 0.338 e. The highest BCUT2D eigenvalue weighted by atomic mass is 19.1. The standard InChI is InChI=1S/C47H49F2NO14/c1-23-31(62-43(58)36(54)35(26-13-9-7-10-14-26)50-41(56)27-15-11-8-12-16-27)21-47(59)40(63-42(57)28-17-29(48)19-30(49)18-28)38-45(6,32(53)20-33-46(38,22-60-33)64-25(3)52)39(55)37(61-24(2)51)34(23)44(47,4)5/h7-19,31-33,35-38,40,53-54,59H,20-22H2,1-6H3,(H,50,56)/t31-,32-,33+,35-,36+,37+,38-,40-,45+,46-,47+/m0/s1. The Hall–Kier alpha value is -5.88. The van der Waals surface area contributed by atoms with Crippen LogP contribution in [-0.4, -0.2) is 105 Å². The summed E-state index contributed by atoms with van der Waals surface area (Å²) >= 11 is 0. The minimum Gasteiger partial charge on any atom is -0.456 e. The van der Waals surface area contributed by atoms with Crippen LogP contribution in [0.25, 0.3) is 0 Å². The number of nitrogens with one attached hydrogen (secondary N) is 1. The fourth-order valence-corrected chi connectivity index (χ4v) is 10.3. The van der Waals surface area contributed by atoms with Crippen molar-refractivity contribution in [1.82, 2.24) is 5.32 Å². The number of hydrogen-bond donors (Lipinski definition) is 4. The number of hydrogen-bond acceptors (Lipinski definition) is 14. The minimum absolute atomic E-state index is 0.0728. The third kappa shape index (κ3) is 7.67. The predicted molar refractivity (Wildman–Crippen MR) is 218 cm³/mol. The molecule has 17 heteroatoms. The Morgan fingerprint density at radius 1 is 0.859 bits per heavy atom. The quantitative estimate of drug-likeness (QED) is 0.128. The van der Waals surface area contributed by atoms with Crippen LogP contribution < -0.4 is 5.32 Å². The van der Waals surface area contributed by atoms with E-state index in [9.17, 15) is 48.1 Å². The summed E-state index contributed by atoms with van der Waals surface area (Å²) in [6.07, 6.45) is -11.6. The fraction of sp³-hybridized carbons (Fsp3) is 0.447. The molecule has 3 aromatic rings. The van der Waals surface area contributed by atoms with Gasteiger partial charge in [-0.2, -0.15) is 0 Å². The average molecular weight is 890 g/mol. The zero-order valence-electron chi connectivity index (χ0n) is 35.8. The molecule has 7 rings (SSSR count). The van der Waals surface area contributed by atoms with Crippen LogP contribution in [0.15, 0.2) is 90.0 Å². The lowest BCUT2D eigenvalue weighted by Crippen LogP contribution is -2.82. The summed E-state index contributed by atoms with van der Waals surface area (Å²) in [5.74, 6) is -10.2. The lowest BCUT2D eigenvalue weighted by Gasteiger charge is -2.67. The molecule has 15 nitrogen and oxygen atoms in total. The Bertz CT molecular complexity index is 2390. The molecule has 1 aliphatic heterocycles. The summed E-state index contributed by atoms with van der Waals surface area (Å²) in [5, 5.41) is 40.1. The van der Waals surface area contributed by atoms with Gasteiger partial charge in [-0.25, -0.2) is 18.4 Å². The fourth-order valence-electron chi connectivity index (χ4n) is 10.3. The lowest BCUT2D eigenvalue weighted by molar-refractivity contribution is -0.346. The van der Waals surface area contributed by atoms with Gasteiger partial charge in [0.2, 0.25) is 0 Å². The van der Waals surface area contributed by atoms with Crippen molar-refractivity contribution in [1.29, 1.82) is 0 Å². The molecule has 0 radical (unpaired) electrons. The van der Waals surface area contributed by atoms with E-state index in [4.69, 9.17) is 23.7 Å². The number of Topliss-reactive ketones (excluding diaryl/α,β-unsaturated/α-hetero) is 1. The highest BCUT2D eigenvalue weighted by molar-refractivity contribution is 5.96. The van der Waals surface area contributed by atoms with Crippen LogP contribution in [0.5, 0.6) is 0 Å². The molecule has 3 aliphatic carbocycles. The number of aliphatic hydroxyl groups is 3. The molecule has 0 unspecified atom stereocenters. The number of ketones is 1. The zero-order valence-corrected chi connectivity index (χ0v) is 35.8. The van der Waals surface area contributed by atoms with Gasteiger partial charge in [0.25, 0.3) is 5.91 Å². The molecule has 4 aliphatic rings. The molecule has 11 atom stereocenters. The van der Waals surface area contributed by atoms with Crippen molar-refractivity contribution < 1.29 is 76.6 Å².